The summed E-state index contributed by atoms with van der Waals surface area (Å²) in [5.74, 6) is 0.294. The third kappa shape index (κ3) is 2.11. The number of nitrogens with zero attached hydrogens (tertiary/aromatic N) is 3. The molecule has 0 bridgehead atoms. The number of aromatic nitrogens is 2. The molecule has 6 heteroatoms. The molecule has 0 aliphatic heterocycles. The standard InChI is InChI=1S/C13H14ClN3OS/c1-17(2)13(18)7-3-4-8-9(5-7)19-12-10(8)11(14)15-6-16-12/h6-7H,3-5H2,1-2H3/t7-/m0/s1. The van der Waals surface area contributed by atoms with Crippen LogP contribution >= 0.6 is 22.9 Å². The molecule has 0 unspecified atom stereocenters. The summed E-state index contributed by atoms with van der Waals surface area (Å²) in [5.41, 5.74) is 1.24. The van der Waals surface area contributed by atoms with Gasteiger partial charge < -0.3 is 4.90 Å². The summed E-state index contributed by atoms with van der Waals surface area (Å²) in [6.45, 7) is 0. The van der Waals surface area contributed by atoms with Crippen LogP contribution in [0.1, 0.15) is 16.9 Å². The number of rotatable bonds is 1. The first-order valence-electron chi connectivity index (χ1n) is 6.20. The van der Waals surface area contributed by atoms with Gasteiger partial charge in [-0.1, -0.05) is 11.6 Å². The smallest absolute Gasteiger partial charge is 0.225 e. The summed E-state index contributed by atoms with van der Waals surface area (Å²) in [5, 5.41) is 1.51. The Labute approximate surface area is 120 Å². The molecule has 2 aromatic heterocycles. The summed E-state index contributed by atoms with van der Waals surface area (Å²) in [4.78, 5) is 24.3. The zero-order valence-electron chi connectivity index (χ0n) is 10.8. The van der Waals surface area contributed by atoms with E-state index in [9.17, 15) is 4.79 Å². The van der Waals surface area contributed by atoms with Gasteiger partial charge in [-0.15, -0.1) is 11.3 Å². The predicted molar refractivity (Wildman–Crippen MR) is 76.6 cm³/mol. The lowest BCUT2D eigenvalue weighted by atomic mass is 9.87. The molecule has 2 heterocycles. The van der Waals surface area contributed by atoms with E-state index < -0.39 is 0 Å². The number of thiophene rings is 1. The highest BCUT2D eigenvalue weighted by atomic mass is 35.5. The van der Waals surface area contributed by atoms with E-state index in [1.54, 1.807) is 16.2 Å². The Bertz CT molecular complexity index is 653. The van der Waals surface area contributed by atoms with Gasteiger partial charge >= 0.3 is 0 Å². The third-order valence-electron chi connectivity index (χ3n) is 3.59. The van der Waals surface area contributed by atoms with Crippen molar-refractivity contribution in [2.24, 2.45) is 5.92 Å². The highest BCUT2D eigenvalue weighted by Gasteiger charge is 2.29. The van der Waals surface area contributed by atoms with Crippen molar-refractivity contribution in [1.82, 2.24) is 14.9 Å². The van der Waals surface area contributed by atoms with Gasteiger partial charge in [0.2, 0.25) is 5.91 Å². The number of carbonyl (C=O) groups is 1. The lowest BCUT2D eigenvalue weighted by Gasteiger charge is -2.24. The Hall–Kier alpha value is -1.20. The maximum absolute atomic E-state index is 12.1. The number of hydrogen-bond donors (Lipinski definition) is 0. The quantitative estimate of drug-likeness (QED) is 0.760. The molecule has 0 saturated heterocycles. The normalized spacial score (nSPS) is 18.4. The lowest BCUT2D eigenvalue weighted by molar-refractivity contribution is -0.133. The molecule has 19 heavy (non-hydrogen) atoms. The summed E-state index contributed by atoms with van der Waals surface area (Å²) >= 11 is 7.81. The zero-order chi connectivity index (χ0) is 13.6. The van der Waals surface area contributed by atoms with Crippen LogP contribution in [0, 0.1) is 5.92 Å². The molecule has 0 radical (unpaired) electrons. The molecule has 100 valence electrons. The molecule has 0 spiro atoms. The van der Waals surface area contributed by atoms with Gasteiger partial charge in [0.05, 0.1) is 5.39 Å². The molecule has 1 atom stereocenters. The van der Waals surface area contributed by atoms with Gasteiger partial charge in [-0.3, -0.25) is 4.79 Å². The van der Waals surface area contributed by atoms with E-state index >= 15 is 0 Å². The average molecular weight is 296 g/mol. The number of hydrogen-bond acceptors (Lipinski definition) is 4. The summed E-state index contributed by atoms with van der Waals surface area (Å²) in [7, 11) is 3.62. The van der Waals surface area contributed by atoms with E-state index in [0.29, 0.717) is 5.15 Å². The second-order valence-electron chi connectivity index (χ2n) is 5.02. The Morgan fingerprint density at radius 1 is 1.47 bits per heavy atom. The fourth-order valence-electron chi connectivity index (χ4n) is 2.65. The van der Waals surface area contributed by atoms with Crippen molar-refractivity contribution in [3.63, 3.8) is 0 Å². The van der Waals surface area contributed by atoms with Crippen LogP contribution in [0.2, 0.25) is 5.15 Å². The SMILES string of the molecule is CN(C)C(=O)[C@H]1CCc2c(sc3ncnc(Cl)c23)C1. The van der Waals surface area contributed by atoms with Crippen molar-refractivity contribution in [3.05, 3.63) is 21.9 Å². The van der Waals surface area contributed by atoms with Crippen molar-refractivity contribution in [3.8, 4) is 0 Å². The molecule has 1 aliphatic carbocycles. The van der Waals surface area contributed by atoms with Gasteiger partial charge in [-0.25, -0.2) is 9.97 Å². The van der Waals surface area contributed by atoms with Gasteiger partial charge in [-0.05, 0) is 24.8 Å². The molecule has 0 N–H and O–H groups in total. The summed E-state index contributed by atoms with van der Waals surface area (Å²) in [6.07, 6.45) is 4.05. The monoisotopic (exact) mass is 295 g/mol. The fraction of sp³-hybridized carbons (Fsp3) is 0.462. The number of aryl methyl sites for hydroxylation is 1. The van der Waals surface area contributed by atoms with Crippen molar-refractivity contribution in [2.75, 3.05) is 14.1 Å². The Balaban J connectivity index is 2.01. The molecule has 0 fully saturated rings. The van der Waals surface area contributed by atoms with Gasteiger partial charge in [0.15, 0.2) is 0 Å². The molecule has 0 aromatic carbocycles. The maximum Gasteiger partial charge on any atom is 0.225 e. The number of carbonyl (C=O) groups excluding carboxylic acids is 1. The Morgan fingerprint density at radius 3 is 3.00 bits per heavy atom. The maximum atomic E-state index is 12.1. The van der Waals surface area contributed by atoms with Crippen LogP contribution in [0.25, 0.3) is 10.2 Å². The van der Waals surface area contributed by atoms with Crippen LogP contribution < -0.4 is 0 Å². The number of fused-ring (bicyclic) bond motifs is 3. The minimum atomic E-state index is 0.0855. The van der Waals surface area contributed by atoms with Gasteiger partial charge in [0.1, 0.15) is 16.3 Å². The first-order chi connectivity index (χ1) is 9.08. The van der Waals surface area contributed by atoms with E-state index in [2.05, 4.69) is 9.97 Å². The van der Waals surface area contributed by atoms with Crippen molar-refractivity contribution in [2.45, 2.75) is 19.3 Å². The largest absolute Gasteiger partial charge is 0.349 e. The number of halogens is 1. The van der Waals surface area contributed by atoms with Crippen LogP contribution in [0.4, 0.5) is 0 Å². The number of amides is 1. The zero-order valence-corrected chi connectivity index (χ0v) is 12.4. The van der Waals surface area contributed by atoms with Crippen LogP contribution in [0.15, 0.2) is 6.33 Å². The first kappa shape index (κ1) is 12.8. The van der Waals surface area contributed by atoms with E-state index in [1.807, 2.05) is 14.1 Å². The van der Waals surface area contributed by atoms with Crippen LogP contribution in [0.3, 0.4) is 0 Å². The molecule has 3 rings (SSSR count). The van der Waals surface area contributed by atoms with Crippen LogP contribution in [-0.2, 0) is 17.6 Å². The highest BCUT2D eigenvalue weighted by molar-refractivity contribution is 7.19. The average Bonchev–Trinajstić information content (AvgIpc) is 2.76. The predicted octanol–water partition coefficient (Wildman–Crippen LogP) is 2.54. The summed E-state index contributed by atoms with van der Waals surface area (Å²) < 4.78 is 0. The molecule has 1 amide bonds. The molecular formula is C13H14ClN3OS. The minimum absolute atomic E-state index is 0.0855. The van der Waals surface area contributed by atoms with Crippen molar-refractivity contribution in [1.29, 1.82) is 0 Å². The van der Waals surface area contributed by atoms with E-state index in [0.717, 1.165) is 29.5 Å². The molecule has 0 saturated carbocycles. The van der Waals surface area contributed by atoms with Crippen molar-refractivity contribution < 1.29 is 4.79 Å². The van der Waals surface area contributed by atoms with E-state index in [1.165, 1.54) is 16.8 Å². The first-order valence-corrected chi connectivity index (χ1v) is 7.39. The summed E-state index contributed by atoms with van der Waals surface area (Å²) in [6, 6.07) is 0. The van der Waals surface area contributed by atoms with Crippen LogP contribution in [0.5, 0.6) is 0 Å². The van der Waals surface area contributed by atoms with Gasteiger partial charge in [0.25, 0.3) is 0 Å². The minimum Gasteiger partial charge on any atom is -0.349 e. The topological polar surface area (TPSA) is 46.1 Å². The second kappa shape index (κ2) is 4.72. The molecule has 1 aliphatic rings. The van der Waals surface area contributed by atoms with Crippen LogP contribution in [-0.4, -0.2) is 34.9 Å². The van der Waals surface area contributed by atoms with Gasteiger partial charge in [-0.2, -0.15) is 0 Å². The van der Waals surface area contributed by atoms with E-state index in [4.69, 9.17) is 11.6 Å². The Kier molecular flexibility index (Phi) is 3.19. The highest BCUT2D eigenvalue weighted by Crippen LogP contribution is 2.39. The third-order valence-corrected chi connectivity index (χ3v) is 5.04. The van der Waals surface area contributed by atoms with Gasteiger partial charge in [0, 0.05) is 24.9 Å². The molecule has 4 nitrogen and oxygen atoms in total. The lowest BCUT2D eigenvalue weighted by Crippen LogP contribution is -2.32. The molecule has 2 aromatic rings. The second-order valence-corrected chi connectivity index (χ2v) is 6.46. The molecular weight excluding hydrogens is 282 g/mol. The Morgan fingerprint density at radius 2 is 2.26 bits per heavy atom. The fourth-order valence-corrected chi connectivity index (χ4v) is 4.22. The van der Waals surface area contributed by atoms with E-state index in [-0.39, 0.29) is 11.8 Å². The van der Waals surface area contributed by atoms with Crippen molar-refractivity contribution >= 4 is 39.1 Å².